The maximum atomic E-state index is 9.76. The zero-order chi connectivity index (χ0) is 10.7. The second-order valence-corrected chi connectivity index (χ2v) is 4.39. The number of aromatic hydroxyl groups is 1. The first-order valence-electron chi connectivity index (χ1n) is 4.50. The van der Waals surface area contributed by atoms with Gasteiger partial charge < -0.3 is 10.8 Å². The summed E-state index contributed by atoms with van der Waals surface area (Å²) in [5.41, 5.74) is 6.64. The first-order valence-corrected chi connectivity index (χ1v) is 5.67. The first kappa shape index (κ1) is 11.8. The van der Waals surface area contributed by atoms with Crippen LogP contribution in [0.1, 0.15) is 31.4 Å². The summed E-state index contributed by atoms with van der Waals surface area (Å²) in [6, 6.07) is 3.37. The van der Waals surface area contributed by atoms with Crippen LogP contribution in [0.25, 0.3) is 0 Å². The number of halogens is 2. The Morgan fingerprint density at radius 1 is 1.57 bits per heavy atom. The van der Waals surface area contributed by atoms with Crippen molar-refractivity contribution >= 4 is 27.5 Å². The number of phenolic OH excluding ortho intramolecular Hbond substituents is 1. The van der Waals surface area contributed by atoms with Gasteiger partial charge in [0, 0.05) is 11.6 Å². The lowest BCUT2D eigenvalue weighted by Crippen LogP contribution is -2.09. The molecule has 0 unspecified atom stereocenters. The molecule has 0 saturated carbocycles. The molecule has 0 bridgehead atoms. The molecule has 14 heavy (non-hydrogen) atoms. The van der Waals surface area contributed by atoms with Crippen molar-refractivity contribution in [3.05, 3.63) is 27.2 Å². The van der Waals surface area contributed by atoms with Crippen molar-refractivity contribution in [1.82, 2.24) is 0 Å². The van der Waals surface area contributed by atoms with E-state index in [1.165, 1.54) is 0 Å². The molecule has 0 aliphatic heterocycles. The highest BCUT2D eigenvalue weighted by molar-refractivity contribution is 9.10. The Balaban J connectivity index is 3.04. The van der Waals surface area contributed by atoms with Crippen LogP contribution in [0.2, 0.25) is 5.02 Å². The van der Waals surface area contributed by atoms with Gasteiger partial charge in [-0.3, -0.25) is 0 Å². The summed E-state index contributed by atoms with van der Waals surface area (Å²) in [6.07, 6.45) is 1.84. The van der Waals surface area contributed by atoms with Gasteiger partial charge >= 0.3 is 0 Å². The third kappa shape index (κ3) is 2.41. The van der Waals surface area contributed by atoms with E-state index in [-0.39, 0.29) is 11.8 Å². The van der Waals surface area contributed by atoms with Gasteiger partial charge in [-0.15, -0.1) is 0 Å². The van der Waals surface area contributed by atoms with Crippen LogP contribution in [0.4, 0.5) is 0 Å². The zero-order valence-corrected chi connectivity index (χ0v) is 10.3. The van der Waals surface area contributed by atoms with Gasteiger partial charge in [0.2, 0.25) is 0 Å². The number of hydrogen-bond donors (Lipinski definition) is 2. The lowest BCUT2D eigenvalue weighted by molar-refractivity contribution is 0.455. The molecule has 1 atom stereocenters. The van der Waals surface area contributed by atoms with Gasteiger partial charge in [-0.1, -0.05) is 31.0 Å². The van der Waals surface area contributed by atoms with Gasteiger partial charge in [-0.2, -0.15) is 0 Å². The van der Waals surface area contributed by atoms with E-state index < -0.39 is 0 Å². The first-order chi connectivity index (χ1) is 6.57. The lowest BCUT2D eigenvalue weighted by Gasteiger charge is -2.14. The molecule has 0 radical (unpaired) electrons. The van der Waals surface area contributed by atoms with Crippen molar-refractivity contribution in [2.24, 2.45) is 5.73 Å². The predicted octanol–water partition coefficient (Wildman–Crippen LogP) is 3.61. The molecule has 0 spiro atoms. The van der Waals surface area contributed by atoms with E-state index in [0.29, 0.717) is 9.50 Å². The van der Waals surface area contributed by atoms with Crippen molar-refractivity contribution in [1.29, 1.82) is 0 Å². The molecule has 0 aliphatic rings. The van der Waals surface area contributed by atoms with E-state index in [1.807, 2.05) is 0 Å². The lowest BCUT2D eigenvalue weighted by atomic mass is 10.0. The molecule has 1 aromatic carbocycles. The Bertz CT molecular complexity index is 330. The highest BCUT2D eigenvalue weighted by atomic mass is 79.9. The van der Waals surface area contributed by atoms with E-state index in [2.05, 4.69) is 22.9 Å². The molecule has 2 nitrogen and oxygen atoms in total. The summed E-state index contributed by atoms with van der Waals surface area (Å²) >= 11 is 9.03. The van der Waals surface area contributed by atoms with E-state index in [0.717, 1.165) is 18.4 Å². The van der Waals surface area contributed by atoms with Gasteiger partial charge in [0.1, 0.15) is 5.75 Å². The minimum absolute atomic E-state index is 0.131. The molecule has 0 heterocycles. The van der Waals surface area contributed by atoms with Crippen LogP contribution >= 0.6 is 27.5 Å². The number of nitrogens with two attached hydrogens (primary N) is 1. The van der Waals surface area contributed by atoms with Crippen molar-refractivity contribution in [2.45, 2.75) is 25.8 Å². The topological polar surface area (TPSA) is 46.2 Å². The quantitative estimate of drug-likeness (QED) is 0.887. The predicted molar refractivity (Wildman–Crippen MR) is 62.7 cm³/mol. The van der Waals surface area contributed by atoms with E-state index >= 15 is 0 Å². The van der Waals surface area contributed by atoms with Gasteiger partial charge in [0.15, 0.2) is 0 Å². The van der Waals surface area contributed by atoms with Gasteiger partial charge in [-0.05, 0) is 28.4 Å². The van der Waals surface area contributed by atoms with Crippen molar-refractivity contribution in [2.75, 3.05) is 0 Å². The fourth-order valence-electron chi connectivity index (χ4n) is 1.32. The number of rotatable bonds is 3. The van der Waals surface area contributed by atoms with Crippen LogP contribution in [0.5, 0.6) is 5.75 Å². The summed E-state index contributed by atoms with van der Waals surface area (Å²) in [5.74, 6) is 0.151. The van der Waals surface area contributed by atoms with Crippen molar-refractivity contribution in [3.63, 3.8) is 0 Å². The molecular formula is C10H13BrClNO. The van der Waals surface area contributed by atoms with Crippen LogP contribution in [-0.2, 0) is 0 Å². The summed E-state index contributed by atoms with van der Waals surface area (Å²) in [6.45, 7) is 2.06. The Labute approximate surface area is 97.2 Å². The number of phenols is 1. The highest BCUT2D eigenvalue weighted by Gasteiger charge is 2.14. The number of benzene rings is 1. The molecule has 0 aromatic heterocycles. The van der Waals surface area contributed by atoms with E-state index in [4.69, 9.17) is 17.3 Å². The summed E-state index contributed by atoms with van der Waals surface area (Å²) in [7, 11) is 0. The zero-order valence-electron chi connectivity index (χ0n) is 7.93. The monoisotopic (exact) mass is 277 g/mol. The third-order valence-electron chi connectivity index (χ3n) is 2.10. The van der Waals surface area contributed by atoms with Gasteiger partial charge in [0.05, 0.1) is 9.50 Å². The molecule has 0 fully saturated rings. The fourth-order valence-corrected chi connectivity index (χ4v) is 1.83. The van der Waals surface area contributed by atoms with Crippen LogP contribution in [0, 0.1) is 0 Å². The Morgan fingerprint density at radius 3 is 2.79 bits per heavy atom. The average molecular weight is 279 g/mol. The summed E-state index contributed by atoms with van der Waals surface area (Å²) in [4.78, 5) is 0. The standard InChI is InChI=1S/C10H13BrClNO/c1-2-3-8(13)6-4-5-7(12)9(11)10(6)14/h4-5,8,14H,2-3,13H2,1H3/t8-/m0/s1. The minimum Gasteiger partial charge on any atom is -0.506 e. The highest BCUT2D eigenvalue weighted by Crippen LogP contribution is 2.37. The maximum Gasteiger partial charge on any atom is 0.136 e. The van der Waals surface area contributed by atoms with Crippen molar-refractivity contribution in [3.8, 4) is 5.75 Å². The van der Waals surface area contributed by atoms with Crippen molar-refractivity contribution < 1.29 is 5.11 Å². The average Bonchev–Trinajstić information content (AvgIpc) is 2.15. The Kier molecular flexibility index (Phi) is 4.23. The second kappa shape index (κ2) is 5.01. The van der Waals surface area contributed by atoms with Crippen LogP contribution in [0.15, 0.2) is 16.6 Å². The molecule has 0 amide bonds. The van der Waals surface area contributed by atoms with E-state index in [1.54, 1.807) is 12.1 Å². The molecular weight excluding hydrogens is 265 g/mol. The van der Waals surface area contributed by atoms with E-state index in [9.17, 15) is 5.11 Å². The summed E-state index contributed by atoms with van der Waals surface area (Å²) < 4.78 is 0.517. The largest absolute Gasteiger partial charge is 0.506 e. The fraction of sp³-hybridized carbons (Fsp3) is 0.400. The Morgan fingerprint density at radius 2 is 2.21 bits per heavy atom. The number of hydrogen-bond acceptors (Lipinski definition) is 2. The smallest absolute Gasteiger partial charge is 0.136 e. The molecule has 1 aromatic rings. The summed E-state index contributed by atoms with van der Waals surface area (Å²) in [5, 5.41) is 10.3. The normalized spacial score (nSPS) is 12.9. The molecule has 4 heteroatoms. The Hall–Kier alpha value is -0.250. The maximum absolute atomic E-state index is 9.76. The molecule has 3 N–H and O–H groups in total. The van der Waals surface area contributed by atoms with Gasteiger partial charge in [-0.25, -0.2) is 0 Å². The molecule has 78 valence electrons. The second-order valence-electron chi connectivity index (χ2n) is 3.19. The SMILES string of the molecule is CCC[C@H](N)c1ccc(Cl)c(Br)c1O. The molecule has 1 rings (SSSR count). The van der Waals surface area contributed by atoms with Crippen LogP contribution in [0.3, 0.4) is 0 Å². The minimum atomic E-state index is -0.131. The van der Waals surface area contributed by atoms with Crippen LogP contribution in [-0.4, -0.2) is 5.11 Å². The van der Waals surface area contributed by atoms with Crippen LogP contribution < -0.4 is 5.73 Å². The third-order valence-corrected chi connectivity index (χ3v) is 3.45. The molecule has 0 saturated heterocycles. The van der Waals surface area contributed by atoms with Gasteiger partial charge in [0.25, 0.3) is 0 Å². The molecule has 0 aliphatic carbocycles.